The molecule has 0 atom stereocenters. The molecule has 5 nitrogen and oxygen atoms in total. The lowest BCUT2D eigenvalue weighted by molar-refractivity contribution is 0.0744. The van der Waals surface area contributed by atoms with Crippen molar-refractivity contribution < 1.29 is 17.9 Å². The minimum absolute atomic E-state index is 0.0270. The molecule has 4 rings (SSSR count). The Hall–Kier alpha value is -2.52. The molecule has 0 fully saturated rings. The molecular weight excluding hydrogens is 471 g/mol. The molecule has 166 valence electrons. The lowest BCUT2D eigenvalue weighted by atomic mass is 9.94. The highest BCUT2D eigenvalue weighted by Gasteiger charge is 2.30. The Labute approximate surface area is 194 Å². The summed E-state index contributed by atoms with van der Waals surface area (Å²) in [5, 5.41) is 17.8. The second kappa shape index (κ2) is 8.12. The molecule has 0 bridgehead atoms. The van der Waals surface area contributed by atoms with Crippen LogP contribution >= 0.6 is 22.9 Å². The lowest BCUT2D eigenvalue weighted by Crippen LogP contribution is -2.17. The highest BCUT2D eigenvalue weighted by atomic mass is 35.5. The SMILES string of the molecule is CC(C)(O)c1n[nH]c(-c2ccc(-c3cccc(S(C)(=O)=O)c3)s2)c1-c1cccc(Cl)c1F. The topological polar surface area (TPSA) is 83.1 Å². The zero-order chi connectivity index (χ0) is 23.3. The van der Waals surface area contributed by atoms with Gasteiger partial charge in [-0.25, -0.2) is 12.8 Å². The monoisotopic (exact) mass is 490 g/mol. The van der Waals surface area contributed by atoms with Gasteiger partial charge in [-0.15, -0.1) is 11.3 Å². The third-order valence-electron chi connectivity index (χ3n) is 4.97. The van der Waals surface area contributed by atoms with Gasteiger partial charge in [0, 0.05) is 22.3 Å². The van der Waals surface area contributed by atoms with Crippen molar-refractivity contribution in [3.8, 4) is 32.1 Å². The van der Waals surface area contributed by atoms with Gasteiger partial charge in [0.05, 0.1) is 20.5 Å². The molecule has 32 heavy (non-hydrogen) atoms. The summed E-state index contributed by atoms with van der Waals surface area (Å²) in [6.07, 6.45) is 1.17. The zero-order valence-electron chi connectivity index (χ0n) is 17.5. The molecule has 2 aromatic carbocycles. The van der Waals surface area contributed by atoms with Crippen LogP contribution in [0.5, 0.6) is 0 Å². The molecule has 0 aliphatic rings. The molecule has 0 saturated heterocycles. The number of halogens is 2. The first-order valence-electron chi connectivity index (χ1n) is 9.63. The number of aliphatic hydroxyl groups is 1. The molecule has 2 aromatic heterocycles. The van der Waals surface area contributed by atoms with Crippen molar-refractivity contribution in [1.82, 2.24) is 10.2 Å². The molecule has 0 amide bonds. The fourth-order valence-electron chi connectivity index (χ4n) is 3.43. The Balaban J connectivity index is 1.87. The van der Waals surface area contributed by atoms with Gasteiger partial charge in [0.15, 0.2) is 9.84 Å². The van der Waals surface area contributed by atoms with Crippen molar-refractivity contribution in [1.29, 1.82) is 0 Å². The van der Waals surface area contributed by atoms with Gasteiger partial charge in [-0.2, -0.15) is 5.10 Å². The molecular formula is C23H20ClFN2O3S2. The van der Waals surface area contributed by atoms with Crippen LogP contribution in [-0.2, 0) is 15.4 Å². The maximum absolute atomic E-state index is 14.9. The molecule has 0 saturated carbocycles. The molecule has 0 spiro atoms. The van der Waals surface area contributed by atoms with E-state index >= 15 is 0 Å². The first-order chi connectivity index (χ1) is 15.0. The number of aromatic nitrogens is 2. The van der Waals surface area contributed by atoms with Gasteiger partial charge in [-0.1, -0.05) is 35.9 Å². The first-order valence-corrected chi connectivity index (χ1v) is 12.7. The summed E-state index contributed by atoms with van der Waals surface area (Å²) >= 11 is 7.41. The van der Waals surface area contributed by atoms with Crippen molar-refractivity contribution in [2.75, 3.05) is 6.26 Å². The molecule has 0 aliphatic carbocycles. The lowest BCUT2D eigenvalue weighted by Gasteiger charge is -2.17. The van der Waals surface area contributed by atoms with Gasteiger partial charge in [0.25, 0.3) is 0 Å². The molecule has 0 unspecified atom stereocenters. The summed E-state index contributed by atoms with van der Waals surface area (Å²) in [7, 11) is -3.34. The van der Waals surface area contributed by atoms with Crippen LogP contribution in [0.25, 0.3) is 32.1 Å². The number of nitrogens with zero attached hydrogens (tertiary/aromatic N) is 1. The van der Waals surface area contributed by atoms with Crippen molar-refractivity contribution in [3.63, 3.8) is 0 Å². The second-order valence-corrected chi connectivity index (χ2v) is 11.5. The zero-order valence-corrected chi connectivity index (χ0v) is 19.9. The van der Waals surface area contributed by atoms with Crippen LogP contribution in [0.15, 0.2) is 59.5 Å². The van der Waals surface area contributed by atoms with E-state index in [1.54, 1.807) is 44.2 Å². The van der Waals surface area contributed by atoms with Crippen LogP contribution in [0.4, 0.5) is 4.39 Å². The number of hydrogen-bond donors (Lipinski definition) is 2. The number of hydrogen-bond acceptors (Lipinski definition) is 5. The Morgan fingerprint density at radius 1 is 1.09 bits per heavy atom. The van der Waals surface area contributed by atoms with Gasteiger partial charge >= 0.3 is 0 Å². The Morgan fingerprint density at radius 2 is 1.78 bits per heavy atom. The number of benzene rings is 2. The van der Waals surface area contributed by atoms with Crippen LogP contribution in [0, 0.1) is 5.82 Å². The normalized spacial score (nSPS) is 12.3. The van der Waals surface area contributed by atoms with Crippen LogP contribution in [0.3, 0.4) is 0 Å². The number of H-pyrrole nitrogens is 1. The number of rotatable bonds is 5. The predicted octanol–water partition coefficient (Wildman–Crippen LogP) is 5.90. The van der Waals surface area contributed by atoms with E-state index in [1.807, 2.05) is 18.2 Å². The van der Waals surface area contributed by atoms with Gasteiger partial charge in [-0.3, -0.25) is 5.10 Å². The van der Waals surface area contributed by atoms with E-state index in [2.05, 4.69) is 10.2 Å². The molecule has 2 N–H and O–H groups in total. The average molecular weight is 491 g/mol. The number of nitrogens with one attached hydrogen (secondary N) is 1. The number of sulfone groups is 1. The molecule has 0 aliphatic heterocycles. The number of aromatic amines is 1. The Morgan fingerprint density at radius 3 is 2.47 bits per heavy atom. The molecule has 9 heteroatoms. The minimum Gasteiger partial charge on any atom is -0.384 e. The summed E-state index contributed by atoms with van der Waals surface area (Å²) in [4.78, 5) is 1.82. The summed E-state index contributed by atoms with van der Waals surface area (Å²) < 4.78 is 38.8. The van der Waals surface area contributed by atoms with Crippen LogP contribution < -0.4 is 0 Å². The largest absolute Gasteiger partial charge is 0.384 e. The summed E-state index contributed by atoms with van der Waals surface area (Å²) in [5.41, 5.74) is 0.912. The van der Waals surface area contributed by atoms with E-state index in [0.29, 0.717) is 17.0 Å². The van der Waals surface area contributed by atoms with Gasteiger partial charge in [0.1, 0.15) is 17.1 Å². The van der Waals surface area contributed by atoms with Gasteiger partial charge in [-0.05, 0) is 49.7 Å². The van der Waals surface area contributed by atoms with Gasteiger partial charge < -0.3 is 5.11 Å². The minimum atomic E-state index is -3.34. The predicted molar refractivity (Wildman–Crippen MR) is 126 cm³/mol. The van der Waals surface area contributed by atoms with E-state index in [0.717, 1.165) is 15.3 Å². The summed E-state index contributed by atoms with van der Waals surface area (Å²) in [6, 6.07) is 15.1. The third kappa shape index (κ3) is 4.23. The quantitative estimate of drug-likeness (QED) is 0.365. The first kappa shape index (κ1) is 22.7. The summed E-state index contributed by atoms with van der Waals surface area (Å²) in [5.74, 6) is -0.597. The second-order valence-electron chi connectivity index (χ2n) is 7.95. The van der Waals surface area contributed by atoms with Crippen LogP contribution in [0.1, 0.15) is 19.5 Å². The summed E-state index contributed by atoms with van der Waals surface area (Å²) in [6.45, 7) is 3.16. The van der Waals surface area contributed by atoms with E-state index in [9.17, 15) is 17.9 Å². The van der Waals surface area contributed by atoms with E-state index < -0.39 is 21.3 Å². The van der Waals surface area contributed by atoms with Crippen molar-refractivity contribution in [2.45, 2.75) is 24.3 Å². The van der Waals surface area contributed by atoms with Crippen molar-refractivity contribution >= 4 is 32.8 Å². The van der Waals surface area contributed by atoms with E-state index in [4.69, 9.17) is 11.6 Å². The van der Waals surface area contributed by atoms with E-state index in [-0.39, 0.29) is 15.5 Å². The molecule has 0 radical (unpaired) electrons. The Bertz CT molecular complexity index is 1420. The average Bonchev–Trinajstić information content (AvgIpc) is 3.36. The van der Waals surface area contributed by atoms with Crippen molar-refractivity contribution in [3.05, 3.63) is 71.1 Å². The highest BCUT2D eigenvalue weighted by molar-refractivity contribution is 7.90. The van der Waals surface area contributed by atoms with E-state index in [1.165, 1.54) is 23.7 Å². The molecule has 2 heterocycles. The van der Waals surface area contributed by atoms with Crippen LogP contribution in [-0.4, -0.2) is 30.0 Å². The molecule has 4 aromatic rings. The fraction of sp³-hybridized carbons (Fsp3) is 0.174. The maximum Gasteiger partial charge on any atom is 0.175 e. The smallest absolute Gasteiger partial charge is 0.175 e. The van der Waals surface area contributed by atoms with Crippen molar-refractivity contribution in [2.24, 2.45) is 0 Å². The third-order valence-corrected chi connectivity index (χ3v) is 7.52. The fourth-order valence-corrected chi connectivity index (χ4v) is 5.27. The number of thiophene rings is 1. The van der Waals surface area contributed by atoms with Gasteiger partial charge in [0.2, 0.25) is 0 Å². The maximum atomic E-state index is 14.9. The standard InChI is InChI=1S/C23H20ClFN2O3S2/c1-23(2,28)22-19(15-8-5-9-16(24)20(15)25)21(26-27-22)18-11-10-17(31-18)13-6-4-7-14(12-13)32(3,29)30/h4-12,28H,1-3H3,(H,26,27). The highest BCUT2D eigenvalue weighted by Crippen LogP contribution is 2.43. The Kier molecular flexibility index (Phi) is 5.75. The van der Waals surface area contributed by atoms with Crippen LogP contribution in [0.2, 0.25) is 5.02 Å².